The summed E-state index contributed by atoms with van der Waals surface area (Å²) in [4.78, 5) is 66.6. The number of hydrogen-bond donors (Lipinski definition) is 3. The molecule has 0 bridgehead atoms. The second-order valence-electron chi connectivity index (χ2n) is 15.2. The van der Waals surface area contributed by atoms with Crippen LogP contribution in [-0.2, 0) is 6.54 Å². The third-order valence-electron chi connectivity index (χ3n) is 11.0. The highest BCUT2D eigenvalue weighted by molar-refractivity contribution is 7.99. The lowest BCUT2D eigenvalue weighted by atomic mass is 10.0. The Kier molecular flexibility index (Phi) is 14.6. The molecule has 1 unspecified atom stereocenters. The molecule has 8 rings (SSSR count). The van der Waals surface area contributed by atoms with E-state index in [1.807, 2.05) is 24.3 Å². The van der Waals surface area contributed by atoms with Crippen molar-refractivity contribution in [1.29, 1.82) is 0 Å². The lowest BCUT2D eigenvalue weighted by molar-refractivity contribution is -0.000130. The topological polar surface area (TPSA) is 223 Å². The summed E-state index contributed by atoms with van der Waals surface area (Å²) in [7, 11) is 0. The smallest absolute Gasteiger partial charge is 0.416 e. The van der Waals surface area contributed by atoms with Crippen molar-refractivity contribution in [1.82, 2.24) is 49.6 Å². The van der Waals surface area contributed by atoms with E-state index in [-0.39, 0.29) is 28.7 Å². The number of carbonyl (C=O) groups is 4. The number of carbonyl (C=O) groups excluding carboxylic acids is 2. The molecule has 3 saturated heterocycles. The minimum absolute atomic E-state index is 0.0174. The van der Waals surface area contributed by atoms with Gasteiger partial charge in [-0.2, -0.15) is 9.41 Å². The van der Waals surface area contributed by atoms with Gasteiger partial charge in [0.25, 0.3) is 5.91 Å². The van der Waals surface area contributed by atoms with Crippen LogP contribution in [0.3, 0.4) is 0 Å². The zero-order chi connectivity index (χ0) is 43.4. The summed E-state index contributed by atoms with van der Waals surface area (Å²) < 4.78 is 8.56. The number of benzene rings is 2. The van der Waals surface area contributed by atoms with E-state index in [0.717, 1.165) is 25.9 Å². The van der Waals surface area contributed by atoms with Crippen molar-refractivity contribution in [2.45, 2.75) is 81.0 Å². The zero-order valence-electron chi connectivity index (χ0n) is 34.2. The molecule has 3 fully saturated rings. The van der Waals surface area contributed by atoms with Gasteiger partial charge in [0.05, 0.1) is 29.3 Å². The van der Waals surface area contributed by atoms with E-state index in [1.165, 1.54) is 59.8 Å². The molecule has 3 amide bonds. The first-order chi connectivity index (χ1) is 30.1. The van der Waals surface area contributed by atoms with Gasteiger partial charge >= 0.3 is 18.2 Å². The van der Waals surface area contributed by atoms with Gasteiger partial charge in [0.2, 0.25) is 11.0 Å². The number of hydrogen-bond acceptors (Lipinski definition) is 13. The third-order valence-corrected chi connectivity index (χ3v) is 12.2. The molecule has 0 aliphatic carbocycles. The number of imidazole rings is 1. The first kappa shape index (κ1) is 43.5. The van der Waals surface area contributed by atoms with Gasteiger partial charge in [0.1, 0.15) is 12.4 Å². The zero-order valence-corrected chi connectivity index (χ0v) is 35.0. The number of thioether (sulfide) groups is 1. The molecule has 2 aromatic carbocycles. The largest absolute Gasteiger partial charge is 0.478 e. The van der Waals surface area contributed by atoms with Gasteiger partial charge in [-0.3, -0.25) is 9.69 Å². The van der Waals surface area contributed by atoms with Crippen molar-refractivity contribution in [2.75, 3.05) is 38.0 Å². The Morgan fingerprint density at radius 2 is 1.56 bits per heavy atom. The molecule has 0 spiro atoms. The molecule has 3 N–H and O–H groups in total. The summed E-state index contributed by atoms with van der Waals surface area (Å²) in [6.07, 6.45) is 11.8. The molecule has 19 nitrogen and oxygen atoms in total. The van der Waals surface area contributed by atoms with Crippen LogP contribution in [-0.4, -0.2) is 134 Å². The molecule has 1 atom stereocenters. The van der Waals surface area contributed by atoms with E-state index in [1.54, 1.807) is 57.3 Å². The van der Waals surface area contributed by atoms with Gasteiger partial charge in [-0.05, 0) is 97.6 Å². The van der Waals surface area contributed by atoms with Crippen molar-refractivity contribution < 1.29 is 39.0 Å². The van der Waals surface area contributed by atoms with Crippen LogP contribution in [0.4, 0.5) is 15.3 Å². The second kappa shape index (κ2) is 20.8. The molecule has 0 radical (unpaired) electrons. The van der Waals surface area contributed by atoms with E-state index in [4.69, 9.17) is 19.8 Å². The number of anilines is 1. The van der Waals surface area contributed by atoms with E-state index in [0.29, 0.717) is 67.2 Å². The van der Waals surface area contributed by atoms with Gasteiger partial charge < -0.3 is 34.9 Å². The Morgan fingerprint density at radius 1 is 0.839 bits per heavy atom. The number of rotatable bonds is 11. The van der Waals surface area contributed by atoms with Crippen LogP contribution >= 0.6 is 11.8 Å². The standard InChI is InChI=1S/C28H34N6O4.C14H15N5O4S/c1-21-4-2-3-14-33(21)19-22-5-7-23(8-6-22)27(35)31-24-9-10-26(30-18-24)37-28(36)32-15-11-25(12-16-32)38-34-17-13-29-20-34;20-12(21)9-1-3-10(4-2-9)19-13(15-16-17-19)24-11-5-7-18(8-6-11)14(22)23/h5-10,13,17-18,20-21,25H,2-4,11-12,14-16,19H2,1H3,(H,31,35);1-4,11H,5-8H2,(H,20,21)(H,22,23). The summed E-state index contributed by atoms with van der Waals surface area (Å²) in [6, 6.07) is 17.9. The summed E-state index contributed by atoms with van der Waals surface area (Å²) in [5, 5.41) is 33.3. The Balaban J connectivity index is 0.000000207. The maximum Gasteiger partial charge on any atom is 0.416 e. The molecule has 5 aromatic rings. The molecular weight excluding hydrogens is 819 g/mol. The number of tetrazole rings is 1. The first-order valence-corrected chi connectivity index (χ1v) is 21.4. The van der Waals surface area contributed by atoms with Crippen LogP contribution in [0.5, 0.6) is 5.88 Å². The summed E-state index contributed by atoms with van der Waals surface area (Å²) in [6.45, 7) is 6.38. The van der Waals surface area contributed by atoms with Crippen LogP contribution in [0.2, 0.25) is 0 Å². The highest BCUT2D eigenvalue weighted by atomic mass is 32.2. The average Bonchev–Trinajstić information content (AvgIpc) is 3.99. The number of carboxylic acids is 1. The molecule has 62 heavy (non-hydrogen) atoms. The van der Waals surface area contributed by atoms with Crippen molar-refractivity contribution in [3.8, 4) is 11.6 Å². The van der Waals surface area contributed by atoms with Crippen molar-refractivity contribution in [3.05, 3.63) is 102 Å². The van der Waals surface area contributed by atoms with Gasteiger partial charge in [0, 0.05) is 74.7 Å². The number of nitrogens with one attached hydrogen (secondary N) is 1. The third kappa shape index (κ3) is 11.8. The van der Waals surface area contributed by atoms with Crippen LogP contribution in [0, 0.1) is 0 Å². The first-order valence-electron chi connectivity index (χ1n) is 20.6. The summed E-state index contributed by atoms with van der Waals surface area (Å²) in [5.74, 6) is -1.02. The molecular formula is C42H49N11O8S. The van der Waals surface area contributed by atoms with Crippen molar-refractivity contribution in [2.24, 2.45) is 0 Å². The van der Waals surface area contributed by atoms with Crippen molar-refractivity contribution in [3.63, 3.8) is 0 Å². The van der Waals surface area contributed by atoms with E-state index >= 15 is 0 Å². The summed E-state index contributed by atoms with van der Waals surface area (Å²) in [5.41, 5.74) is 3.19. The number of pyridine rings is 1. The number of ether oxygens (including phenoxy) is 1. The fraction of sp³-hybridized carbons (Fsp3) is 0.405. The number of aromatic nitrogens is 7. The Morgan fingerprint density at radius 3 is 2.21 bits per heavy atom. The number of piperidine rings is 3. The Labute approximate surface area is 362 Å². The monoisotopic (exact) mass is 867 g/mol. The molecule has 3 aliphatic heterocycles. The average molecular weight is 868 g/mol. The molecule has 0 saturated carbocycles. The Bertz CT molecular complexity index is 2240. The number of carboxylic acid groups (broad SMARTS) is 2. The minimum atomic E-state index is -0.988. The maximum absolute atomic E-state index is 12.7. The highest BCUT2D eigenvalue weighted by Gasteiger charge is 2.27. The molecule has 20 heteroatoms. The molecule has 3 aliphatic rings. The lowest BCUT2D eigenvalue weighted by Gasteiger charge is -2.33. The predicted octanol–water partition coefficient (Wildman–Crippen LogP) is 5.59. The predicted molar refractivity (Wildman–Crippen MR) is 226 cm³/mol. The molecule has 3 aromatic heterocycles. The van der Waals surface area contributed by atoms with Crippen LogP contribution < -0.4 is 14.9 Å². The van der Waals surface area contributed by atoms with Crippen LogP contribution in [0.15, 0.2) is 90.7 Å². The second-order valence-corrected chi connectivity index (χ2v) is 16.5. The summed E-state index contributed by atoms with van der Waals surface area (Å²) >= 11 is 1.51. The van der Waals surface area contributed by atoms with E-state index in [2.05, 4.69) is 42.6 Å². The van der Waals surface area contributed by atoms with Gasteiger partial charge in [-0.25, -0.2) is 24.4 Å². The fourth-order valence-electron chi connectivity index (χ4n) is 7.36. The lowest BCUT2D eigenvalue weighted by Crippen LogP contribution is -2.44. The molecule has 6 heterocycles. The van der Waals surface area contributed by atoms with Gasteiger partial charge in [-0.15, -0.1) is 5.10 Å². The van der Waals surface area contributed by atoms with E-state index in [9.17, 15) is 19.2 Å². The SMILES string of the molecule is CC1CCCCN1Cc1ccc(C(=O)Nc2ccc(OC(=O)N3CCC(On4ccnc4)CC3)nc2)cc1.O=C(O)c1ccc(-n2nnnc2SC2CCN(C(=O)O)CC2)cc1. The number of nitrogens with zero attached hydrogens (tertiary/aromatic N) is 10. The minimum Gasteiger partial charge on any atom is -0.478 e. The quantitative estimate of drug-likeness (QED) is 0.147. The number of likely N-dealkylation sites (tertiary alicyclic amines) is 3. The number of aromatic carboxylic acids is 1. The normalized spacial score (nSPS) is 17.4. The van der Waals surface area contributed by atoms with Gasteiger partial charge in [-0.1, -0.05) is 30.3 Å². The number of amides is 3. The Hall–Kier alpha value is -6.54. The fourth-order valence-corrected chi connectivity index (χ4v) is 8.43. The van der Waals surface area contributed by atoms with Gasteiger partial charge in [0.15, 0.2) is 0 Å². The van der Waals surface area contributed by atoms with Crippen molar-refractivity contribution >= 4 is 41.5 Å². The molecule has 326 valence electrons. The van der Waals surface area contributed by atoms with E-state index < -0.39 is 18.2 Å². The maximum atomic E-state index is 12.7. The van der Waals surface area contributed by atoms with Crippen LogP contribution in [0.25, 0.3) is 5.69 Å². The highest BCUT2D eigenvalue weighted by Crippen LogP contribution is 2.30. The van der Waals surface area contributed by atoms with Crippen LogP contribution in [0.1, 0.15) is 78.1 Å².